The van der Waals surface area contributed by atoms with Crippen LogP contribution in [0.25, 0.3) is 0 Å². The van der Waals surface area contributed by atoms with Crippen molar-refractivity contribution in [1.82, 2.24) is 4.98 Å². The van der Waals surface area contributed by atoms with Crippen LogP contribution in [0.2, 0.25) is 0 Å². The molecule has 1 aromatic heterocycles. The highest BCUT2D eigenvalue weighted by Gasteiger charge is 2.23. The molecule has 1 saturated heterocycles. The van der Waals surface area contributed by atoms with Crippen LogP contribution in [0.5, 0.6) is 0 Å². The van der Waals surface area contributed by atoms with Crippen LogP contribution in [0.3, 0.4) is 0 Å². The van der Waals surface area contributed by atoms with Crippen LogP contribution >= 0.6 is 0 Å². The maximum atomic E-state index is 10.5. The third-order valence-electron chi connectivity index (χ3n) is 3.25. The number of aromatic nitrogens is 1. The fraction of sp³-hybridized carbons (Fsp3) is 0.462. The van der Waals surface area contributed by atoms with Crippen molar-refractivity contribution in [2.24, 2.45) is 5.92 Å². The van der Waals surface area contributed by atoms with Crippen molar-refractivity contribution in [3.63, 3.8) is 0 Å². The molecule has 94 valence electrons. The van der Waals surface area contributed by atoms with Gasteiger partial charge >= 0.3 is 5.97 Å². The summed E-state index contributed by atoms with van der Waals surface area (Å²) in [6.45, 7) is 1.71. The standard InChI is InChI=1S/C13H15N3O2/c14-8-11-3-5-15-12(7-11)16-6-4-10(9-16)1-2-13(17)18/h3,5,7,10H,1-2,4,6,9H2,(H,17,18). The number of pyridine rings is 1. The Morgan fingerprint density at radius 1 is 1.67 bits per heavy atom. The minimum absolute atomic E-state index is 0.226. The predicted molar refractivity (Wildman–Crippen MR) is 66.1 cm³/mol. The molecule has 0 aliphatic carbocycles. The van der Waals surface area contributed by atoms with Crippen LogP contribution in [0.1, 0.15) is 24.8 Å². The zero-order chi connectivity index (χ0) is 13.0. The molecule has 1 atom stereocenters. The van der Waals surface area contributed by atoms with Gasteiger partial charge in [-0.3, -0.25) is 4.79 Å². The largest absolute Gasteiger partial charge is 0.481 e. The summed E-state index contributed by atoms with van der Waals surface area (Å²) in [5.41, 5.74) is 0.606. The third-order valence-corrected chi connectivity index (χ3v) is 3.25. The zero-order valence-electron chi connectivity index (χ0n) is 10.0. The average molecular weight is 245 g/mol. The molecule has 18 heavy (non-hydrogen) atoms. The maximum absolute atomic E-state index is 10.5. The molecule has 0 amide bonds. The van der Waals surface area contributed by atoms with Crippen LogP contribution in [-0.4, -0.2) is 29.1 Å². The second kappa shape index (κ2) is 5.50. The quantitative estimate of drug-likeness (QED) is 0.872. The molecule has 2 heterocycles. The Hall–Kier alpha value is -2.09. The van der Waals surface area contributed by atoms with E-state index < -0.39 is 5.97 Å². The Labute approximate surface area is 106 Å². The Bertz CT molecular complexity index is 481. The molecule has 2 rings (SSSR count). The number of carboxylic acid groups (broad SMARTS) is 1. The molecule has 0 saturated carbocycles. The summed E-state index contributed by atoms with van der Waals surface area (Å²) in [4.78, 5) is 16.9. The summed E-state index contributed by atoms with van der Waals surface area (Å²) in [6.07, 6.45) is 3.57. The fourth-order valence-electron chi connectivity index (χ4n) is 2.26. The van der Waals surface area contributed by atoms with E-state index in [1.807, 2.05) is 0 Å². The van der Waals surface area contributed by atoms with Gasteiger partial charge in [-0.05, 0) is 30.9 Å². The molecular formula is C13H15N3O2. The number of nitrogens with zero attached hydrogens (tertiary/aromatic N) is 3. The van der Waals surface area contributed by atoms with Gasteiger partial charge in [-0.25, -0.2) is 4.98 Å². The van der Waals surface area contributed by atoms with Gasteiger partial charge in [-0.15, -0.1) is 0 Å². The summed E-state index contributed by atoms with van der Waals surface area (Å²) < 4.78 is 0. The van der Waals surface area contributed by atoms with Gasteiger partial charge in [0.1, 0.15) is 5.82 Å². The van der Waals surface area contributed by atoms with E-state index >= 15 is 0 Å². The predicted octanol–water partition coefficient (Wildman–Crippen LogP) is 1.64. The molecule has 1 aliphatic heterocycles. The lowest BCUT2D eigenvalue weighted by atomic mass is 10.0. The Kier molecular flexibility index (Phi) is 3.78. The van der Waals surface area contributed by atoms with Crippen molar-refractivity contribution >= 4 is 11.8 Å². The third kappa shape index (κ3) is 2.98. The van der Waals surface area contributed by atoms with E-state index in [1.54, 1.807) is 18.3 Å². The molecule has 1 aliphatic rings. The molecule has 0 aromatic carbocycles. The topological polar surface area (TPSA) is 77.2 Å². The maximum Gasteiger partial charge on any atom is 0.303 e. The summed E-state index contributed by atoms with van der Waals surface area (Å²) >= 11 is 0. The summed E-state index contributed by atoms with van der Waals surface area (Å²) in [7, 11) is 0. The lowest BCUT2D eigenvalue weighted by Gasteiger charge is -2.17. The Morgan fingerprint density at radius 3 is 3.22 bits per heavy atom. The van der Waals surface area contributed by atoms with Crippen LogP contribution in [0.4, 0.5) is 5.82 Å². The zero-order valence-corrected chi connectivity index (χ0v) is 10.0. The van der Waals surface area contributed by atoms with E-state index in [4.69, 9.17) is 10.4 Å². The number of anilines is 1. The highest BCUT2D eigenvalue weighted by atomic mass is 16.4. The van der Waals surface area contributed by atoms with E-state index in [2.05, 4.69) is 16.0 Å². The first-order valence-corrected chi connectivity index (χ1v) is 6.02. The number of rotatable bonds is 4. The van der Waals surface area contributed by atoms with Gasteiger partial charge in [0.15, 0.2) is 0 Å². The molecule has 1 fully saturated rings. The molecule has 0 bridgehead atoms. The van der Waals surface area contributed by atoms with Crippen molar-refractivity contribution < 1.29 is 9.90 Å². The molecular weight excluding hydrogens is 230 g/mol. The summed E-state index contributed by atoms with van der Waals surface area (Å²) in [6, 6.07) is 5.56. The number of hydrogen-bond donors (Lipinski definition) is 1. The van der Waals surface area contributed by atoms with Gasteiger partial charge in [0.2, 0.25) is 0 Å². The van der Waals surface area contributed by atoms with Gasteiger partial charge in [0.05, 0.1) is 11.6 Å². The monoisotopic (exact) mass is 245 g/mol. The first-order chi connectivity index (χ1) is 8.69. The average Bonchev–Trinajstić information content (AvgIpc) is 2.85. The van der Waals surface area contributed by atoms with Gasteiger partial charge in [0, 0.05) is 25.7 Å². The van der Waals surface area contributed by atoms with Crippen LogP contribution in [0.15, 0.2) is 18.3 Å². The summed E-state index contributed by atoms with van der Waals surface area (Å²) in [5.74, 6) is 0.485. The van der Waals surface area contributed by atoms with Gasteiger partial charge in [-0.1, -0.05) is 0 Å². The lowest BCUT2D eigenvalue weighted by Crippen LogP contribution is -2.21. The fourth-order valence-corrected chi connectivity index (χ4v) is 2.26. The van der Waals surface area contributed by atoms with Crippen molar-refractivity contribution in [2.75, 3.05) is 18.0 Å². The van der Waals surface area contributed by atoms with E-state index in [0.717, 1.165) is 25.3 Å². The first kappa shape index (κ1) is 12.4. The van der Waals surface area contributed by atoms with E-state index in [0.29, 0.717) is 17.9 Å². The smallest absolute Gasteiger partial charge is 0.303 e. The molecule has 1 unspecified atom stereocenters. The van der Waals surface area contributed by atoms with Crippen molar-refractivity contribution in [3.8, 4) is 6.07 Å². The first-order valence-electron chi connectivity index (χ1n) is 6.02. The number of carbonyl (C=O) groups is 1. The number of aliphatic carboxylic acids is 1. The Balaban J connectivity index is 1.95. The SMILES string of the molecule is N#Cc1ccnc(N2CCC(CCC(=O)O)C2)c1. The molecule has 1 N–H and O–H groups in total. The van der Waals surface area contributed by atoms with Gasteiger partial charge < -0.3 is 10.0 Å². The van der Waals surface area contributed by atoms with Crippen LogP contribution in [0, 0.1) is 17.2 Å². The second-order valence-electron chi connectivity index (χ2n) is 4.55. The second-order valence-corrected chi connectivity index (χ2v) is 4.55. The molecule has 1 aromatic rings. The normalized spacial score (nSPS) is 18.6. The Morgan fingerprint density at radius 2 is 2.50 bits per heavy atom. The number of nitriles is 1. The van der Waals surface area contributed by atoms with Gasteiger partial charge in [-0.2, -0.15) is 5.26 Å². The molecule has 0 spiro atoms. The minimum Gasteiger partial charge on any atom is -0.481 e. The molecule has 5 heteroatoms. The number of hydrogen-bond acceptors (Lipinski definition) is 4. The van der Waals surface area contributed by atoms with Gasteiger partial charge in [0.25, 0.3) is 0 Å². The highest BCUT2D eigenvalue weighted by Crippen LogP contribution is 2.25. The van der Waals surface area contributed by atoms with Crippen LogP contribution < -0.4 is 4.90 Å². The van der Waals surface area contributed by atoms with Crippen LogP contribution in [-0.2, 0) is 4.79 Å². The van der Waals surface area contributed by atoms with Crippen molar-refractivity contribution in [1.29, 1.82) is 5.26 Å². The molecule has 5 nitrogen and oxygen atoms in total. The van der Waals surface area contributed by atoms with E-state index in [9.17, 15) is 4.79 Å². The molecule has 0 radical (unpaired) electrons. The lowest BCUT2D eigenvalue weighted by molar-refractivity contribution is -0.137. The van der Waals surface area contributed by atoms with Crippen molar-refractivity contribution in [2.45, 2.75) is 19.3 Å². The van der Waals surface area contributed by atoms with E-state index in [1.165, 1.54) is 0 Å². The summed E-state index contributed by atoms with van der Waals surface area (Å²) in [5, 5.41) is 17.5. The number of carboxylic acids is 1. The highest BCUT2D eigenvalue weighted by molar-refractivity contribution is 5.66. The van der Waals surface area contributed by atoms with Crippen molar-refractivity contribution in [3.05, 3.63) is 23.9 Å². The minimum atomic E-state index is -0.738. The van der Waals surface area contributed by atoms with E-state index in [-0.39, 0.29) is 6.42 Å².